The topological polar surface area (TPSA) is 110 Å². The third kappa shape index (κ3) is 6.29. The fourth-order valence-electron chi connectivity index (χ4n) is 7.27. The Bertz CT molecular complexity index is 1450. The fourth-order valence-corrected chi connectivity index (χ4v) is 7.27. The van der Waals surface area contributed by atoms with Crippen LogP contribution < -0.4 is 0 Å². The Balaban J connectivity index is 0.954. The van der Waals surface area contributed by atoms with E-state index < -0.39 is 0 Å². The van der Waals surface area contributed by atoms with E-state index in [4.69, 9.17) is 4.74 Å². The van der Waals surface area contributed by atoms with E-state index in [9.17, 15) is 19.8 Å². The quantitative estimate of drug-likeness (QED) is 0.238. The lowest BCUT2D eigenvalue weighted by Crippen LogP contribution is -2.22. The van der Waals surface area contributed by atoms with Crippen LogP contribution in [0.3, 0.4) is 0 Å². The molecule has 2 atom stereocenters. The van der Waals surface area contributed by atoms with Gasteiger partial charge in [0, 0.05) is 35.5 Å². The predicted molar refractivity (Wildman–Crippen MR) is 155 cm³/mol. The molecule has 214 valence electrons. The molecule has 2 N–H and O–H groups in total. The number of ether oxygens (including phenoxy) is 1. The van der Waals surface area contributed by atoms with Gasteiger partial charge in [0.15, 0.2) is 5.78 Å². The number of allylic oxidation sites excluding steroid dienone is 1. The molecule has 0 bridgehead atoms. The zero-order valence-electron chi connectivity index (χ0n) is 23.4. The smallest absolute Gasteiger partial charge is 0.334 e. The highest BCUT2D eigenvalue weighted by molar-refractivity contribution is 6.02. The zero-order valence-corrected chi connectivity index (χ0v) is 23.4. The van der Waals surface area contributed by atoms with E-state index in [0.29, 0.717) is 11.5 Å². The average Bonchev–Trinajstić information content (AvgIpc) is 3.66. The van der Waals surface area contributed by atoms with Crippen molar-refractivity contribution in [3.63, 3.8) is 0 Å². The highest BCUT2D eigenvalue weighted by Gasteiger charge is 2.58. The monoisotopic (exact) mass is 554 g/mol. The zero-order chi connectivity index (χ0) is 28.4. The number of fused-ring (bicyclic) bond motifs is 1. The molecule has 3 aliphatic rings. The number of aromatic nitrogens is 2. The Morgan fingerprint density at radius 3 is 2.41 bits per heavy atom. The van der Waals surface area contributed by atoms with Crippen molar-refractivity contribution in [3.8, 4) is 11.5 Å². The van der Waals surface area contributed by atoms with E-state index in [-0.39, 0.29) is 41.2 Å². The number of hydrogen-bond acceptors (Lipinski definition) is 7. The highest BCUT2D eigenvalue weighted by Crippen LogP contribution is 2.63. The van der Waals surface area contributed by atoms with Crippen molar-refractivity contribution in [2.24, 2.45) is 23.2 Å². The molecule has 3 aromatic rings. The van der Waals surface area contributed by atoms with Gasteiger partial charge in [0.2, 0.25) is 0 Å². The van der Waals surface area contributed by atoms with Crippen molar-refractivity contribution in [2.45, 2.75) is 77.2 Å². The van der Waals surface area contributed by atoms with Gasteiger partial charge in [-0.15, -0.1) is 0 Å². The van der Waals surface area contributed by atoms with E-state index in [1.807, 2.05) is 24.3 Å². The Hall–Kier alpha value is -3.74. The van der Waals surface area contributed by atoms with Crippen molar-refractivity contribution >= 4 is 22.8 Å². The number of ketones is 1. The first-order valence-corrected chi connectivity index (χ1v) is 15.0. The molecule has 1 heterocycles. The molecule has 2 aromatic carbocycles. The van der Waals surface area contributed by atoms with Crippen LogP contribution in [0.25, 0.3) is 11.0 Å². The second-order valence-electron chi connectivity index (χ2n) is 12.4. The molecule has 1 aromatic heterocycles. The summed E-state index contributed by atoms with van der Waals surface area (Å²) < 4.78 is 5.46. The van der Waals surface area contributed by atoms with Crippen molar-refractivity contribution < 1.29 is 24.5 Å². The van der Waals surface area contributed by atoms with Gasteiger partial charge in [0.25, 0.3) is 0 Å². The van der Waals surface area contributed by atoms with Crippen LogP contribution in [0.15, 0.2) is 60.4 Å². The van der Waals surface area contributed by atoms with E-state index in [1.54, 1.807) is 12.4 Å². The number of aromatic hydroxyl groups is 2. The SMILES string of the molecule is O=C(OCc1cc(O)cc(O)c1)C1=CCC[C@H](CC2CCC3(CC2)CC3C(=O)c2ccc3nccnc3c2)CCC1. The summed E-state index contributed by atoms with van der Waals surface area (Å²) in [6.07, 6.45) is 17.2. The fraction of sp³-hybridized carbons (Fsp3) is 0.471. The Morgan fingerprint density at radius 2 is 1.63 bits per heavy atom. The van der Waals surface area contributed by atoms with Crippen LogP contribution in [-0.2, 0) is 16.1 Å². The maximum Gasteiger partial charge on any atom is 0.334 e. The molecule has 1 unspecified atom stereocenters. The minimum Gasteiger partial charge on any atom is -0.508 e. The van der Waals surface area contributed by atoms with Gasteiger partial charge in [-0.25, -0.2) is 4.79 Å². The van der Waals surface area contributed by atoms with Gasteiger partial charge in [-0.3, -0.25) is 14.8 Å². The summed E-state index contributed by atoms with van der Waals surface area (Å²) in [5.41, 5.74) is 3.87. The summed E-state index contributed by atoms with van der Waals surface area (Å²) in [4.78, 5) is 34.6. The van der Waals surface area contributed by atoms with Crippen molar-refractivity contribution in [1.82, 2.24) is 9.97 Å². The minimum atomic E-state index is -0.311. The van der Waals surface area contributed by atoms with Gasteiger partial charge < -0.3 is 14.9 Å². The van der Waals surface area contributed by atoms with Crippen LogP contribution in [-0.4, -0.2) is 31.9 Å². The number of phenolic OH excluding ortho intramolecular Hbond substituents is 2. The van der Waals surface area contributed by atoms with Crippen LogP contribution in [0.1, 0.15) is 86.6 Å². The maximum atomic E-state index is 13.3. The summed E-state index contributed by atoms with van der Waals surface area (Å²) in [6.45, 7) is 0.0212. The Labute approximate surface area is 240 Å². The van der Waals surface area contributed by atoms with Crippen LogP contribution in [0.2, 0.25) is 0 Å². The molecule has 1 spiro atoms. The number of rotatable bonds is 7. The standard InChI is InChI=1S/C34H38N2O5/c37-27-16-24(17-28(38)19-27)21-41-33(40)25-5-1-3-22(4-2-6-25)15-23-9-11-34(12-10-23)20-29(34)32(39)26-7-8-30-31(18-26)36-14-13-35-30/h5,7-8,13-14,16-19,22-23,29,37-38H,1-4,6,9-12,15,20-21H2/t22-,23?,29?,34?/m0/s1. The molecule has 0 aliphatic heterocycles. The first-order chi connectivity index (χ1) is 19.9. The lowest BCUT2D eigenvalue weighted by Gasteiger charge is -2.32. The number of nitrogens with zero attached hydrogens (tertiary/aromatic N) is 2. The summed E-state index contributed by atoms with van der Waals surface area (Å²) in [5, 5.41) is 19.2. The number of carbonyl (C=O) groups is 2. The Kier molecular flexibility index (Phi) is 7.78. The summed E-state index contributed by atoms with van der Waals surface area (Å²) in [7, 11) is 0. The molecule has 0 saturated heterocycles. The molecule has 2 saturated carbocycles. The third-order valence-corrected chi connectivity index (χ3v) is 9.65. The molecular formula is C34H38N2O5. The second kappa shape index (κ2) is 11.6. The first-order valence-electron chi connectivity index (χ1n) is 15.0. The normalized spacial score (nSPS) is 26.1. The summed E-state index contributed by atoms with van der Waals surface area (Å²) in [6, 6.07) is 9.93. The van der Waals surface area contributed by atoms with E-state index in [1.165, 1.54) is 37.5 Å². The molecule has 0 amide bonds. The molecule has 2 fully saturated rings. The molecule has 7 nitrogen and oxygen atoms in total. The van der Waals surface area contributed by atoms with Crippen LogP contribution >= 0.6 is 0 Å². The van der Waals surface area contributed by atoms with E-state index >= 15 is 0 Å². The number of esters is 1. The molecule has 7 heteroatoms. The van der Waals surface area contributed by atoms with Crippen molar-refractivity contribution in [2.75, 3.05) is 0 Å². The van der Waals surface area contributed by atoms with Gasteiger partial charge in [0.1, 0.15) is 18.1 Å². The maximum absolute atomic E-state index is 13.3. The van der Waals surface area contributed by atoms with Gasteiger partial charge >= 0.3 is 5.97 Å². The average molecular weight is 555 g/mol. The van der Waals surface area contributed by atoms with Crippen LogP contribution in [0, 0.1) is 23.2 Å². The summed E-state index contributed by atoms with van der Waals surface area (Å²) in [5.74, 6) is 1.41. The lowest BCUT2D eigenvalue weighted by molar-refractivity contribution is -0.140. The minimum absolute atomic E-state index is 0.0212. The van der Waals surface area contributed by atoms with E-state index in [0.717, 1.165) is 79.5 Å². The largest absolute Gasteiger partial charge is 0.508 e. The number of carbonyl (C=O) groups excluding carboxylic acids is 2. The third-order valence-electron chi connectivity index (χ3n) is 9.65. The predicted octanol–water partition coefficient (Wildman–Crippen LogP) is 7.06. The van der Waals surface area contributed by atoms with E-state index in [2.05, 4.69) is 9.97 Å². The van der Waals surface area contributed by atoms with Gasteiger partial charge in [-0.2, -0.15) is 0 Å². The molecular weight excluding hydrogens is 516 g/mol. The molecule has 6 rings (SSSR count). The summed E-state index contributed by atoms with van der Waals surface area (Å²) >= 11 is 0. The number of benzene rings is 2. The number of hydrogen-bond donors (Lipinski definition) is 2. The highest BCUT2D eigenvalue weighted by atomic mass is 16.5. The Morgan fingerprint density at radius 1 is 0.902 bits per heavy atom. The van der Waals surface area contributed by atoms with Gasteiger partial charge in [-0.1, -0.05) is 12.5 Å². The van der Waals surface area contributed by atoms with Crippen LogP contribution in [0.4, 0.5) is 0 Å². The molecule has 0 radical (unpaired) electrons. The molecule has 3 aliphatic carbocycles. The van der Waals surface area contributed by atoms with Crippen molar-refractivity contribution in [3.05, 3.63) is 71.6 Å². The lowest BCUT2D eigenvalue weighted by atomic mass is 9.73. The number of phenols is 2. The second-order valence-corrected chi connectivity index (χ2v) is 12.4. The van der Waals surface area contributed by atoms with Crippen LogP contribution in [0.5, 0.6) is 11.5 Å². The first kappa shape index (κ1) is 27.4. The van der Waals surface area contributed by atoms with Gasteiger partial charge in [-0.05, 0) is 117 Å². The van der Waals surface area contributed by atoms with Crippen molar-refractivity contribution in [1.29, 1.82) is 0 Å². The number of Topliss-reactive ketones (excluding diaryl/α,β-unsaturated/α-hetero) is 1. The molecule has 41 heavy (non-hydrogen) atoms. The van der Waals surface area contributed by atoms with Gasteiger partial charge in [0.05, 0.1) is 11.0 Å².